The minimum atomic E-state index is -0.0802. The van der Waals surface area contributed by atoms with Crippen molar-refractivity contribution in [3.8, 4) is 11.1 Å². The van der Waals surface area contributed by atoms with Gasteiger partial charge < -0.3 is 14.7 Å². The van der Waals surface area contributed by atoms with Crippen LogP contribution in [0.5, 0.6) is 0 Å². The molecule has 71 heavy (non-hydrogen) atoms. The van der Waals surface area contributed by atoms with Gasteiger partial charge in [0, 0.05) is 70.5 Å². The van der Waals surface area contributed by atoms with E-state index in [0.717, 1.165) is 6.42 Å². The summed E-state index contributed by atoms with van der Waals surface area (Å²) in [6.45, 7) is 12.1. The van der Waals surface area contributed by atoms with Gasteiger partial charge in [0.25, 0.3) is 6.71 Å². The number of benzene rings is 9. The lowest BCUT2D eigenvalue weighted by molar-refractivity contribution is 0.194. The third-order valence-electron chi connectivity index (χ3n) is 17.3. The second-order valence-corrected chi connectivity index (χ2v) is 23.4. The Kier molecular flexibility index (Phi) is 8.77. The molecule has 6 heteroatoms. The lowest BCUT2D eigenvalue weighted by Gasteiger charge is -2.51. The van der Waals surface area contributed by atoms with Gasteiger partial charge >= 0.3 is 0 Å². The molecule has 15 rings (SSSR count). The number of hydrogen-bond donors (Lipinski definition) is 0. The average molecular weight is 950 g/mol. The van der Waals surface area contributed by atoms with Crippen molar-refractivity contribution in [3.63, 3.8) is 0 Å². The molecule has 5 heterocycles. The molecule has 0 saturated heterocycles. The number of thiophene rings is 2. The van der Waals surface area contributed by atoms with Gasteiger partial charge in [-0.25, -0.2) is 0 Å². The molecule has 3 aliphatic heterocycles. The maximum Gasteiger partial charge on any atom is 0.252 e. The maximum atomic E-state index is 2.80. The summed E-state index contributed by atoms with van der Waals surface area (Å²) in [5.74, 6) is 0. The topological polar surface area (TPSA) is 9.72 Å². The fraction of sp³-hybridized carbons (Fsp3) is 0.169. The summed E-state index contributed by atoms with van der Waals surface area (Å²) < 4.78 is 5.26. The van der Waals surface area contributed by atoms with E-state index in [-0.39, 0.29) is 17.7 Å². The van der Waals surface area contributed by atoms with Gasteiger partial charge in [0.05, 0.1) is 26.3 Å². The van der Waals surface area contributed by atoms with E-state index in [2.05, 4.69) is 225 Å². The van der Waals surface area contributed by atoms with E-state index in [1.807, 2.05) is 22.7 Å². The zero-order chi connectivity index (χ0) is 47.5. The van der Waals surface area contributed by atoms with E-state index in [1.54, 1.807) is 5.56 Å². The van der Waals surface area contributed by atoms with Gasteiger partial charge in [-0.05, 0) is 151 Å². The van der Waals surface area contributed by atoms with Crippen molar-refractivity contribution < 1.29 is 0 Å². The zero-order valence-corrected chi connectivity index (χ0v) is 42.4. The van der Waals surface area contributed by atoms with Crippen LogP contribution in [0.15, 0.2) is 176 Å². The molecule has 0 spiro atoms. The van der Waals surface area contributed by atoms with E-state index in [1.165, 1.54) is 149 Å². The number of rotatable bonds is 4. The van der Waals surface area contributed by atoms with Gasteiger partial charge in [-0.2, -0.15) is 0 Å². The lowest BCUT2D eigenvalue weighted by atomic mass is 9.33. The van der Waals surface area contributed by atoms with Crippen LogP contribution >= 0.6 is 22.7 Å². The maximum absolute atomic E-state index is 2.80. The molecule has 4 aliphatic rings. The van der Waals surface area contributed by atoms with E-state index in [9.17, 15) is 0 Å². The van der Waals surface area contributed by atoms with Gasteiger partial charge in [0.1, 0.15) is 0 Å². The van der Waals surface area contributed by atoms with E-state index < -0.39 is 0 Å². The molecule has 1 saturated carbocycles. The van der Waals surface area contributed by atoms with Gasteiger partial charge in [-0.1, -0.05) is 135 Å². The van der Waals surface area contributed by atoms with Crippen LogP contribution in [0.25, 0.3) is 51.5 Å². The highest BCUT2D eigenvalue weighted by Crippen LogP contribution is 2.62. The highest BCUT2D eigenvalue weighted by molar-refractivity contribution is 7.27. The average Bonchev–Trinajstić information content (AvgIpc) is 4.03. The Balaban J connectivity index is 1.05. The molecule has 0 amide bonds. The first-order chi connectivity index (χ1) is 34.7. The summed E-state index contributed by atoms with van der Waals surface area (Å²) in [5.41, 5.74) is 22.1. The lowest BCUT2D eigenvalue weighted by Crippen LogP contribution is -2.61. The van der Waals surface area contributed by atoms with Crippen molar-refractivity contribution in [2.24, 2.45) is 0 Å². The van der Waals surface area contributed by atoms with Crippen molar-refractivity contribution in [3.05, 3.63) is 198 Å². The van der Waals surface area contributed by atoms with Gasteiger partial charge in [-0.15, -0.1) is 22.7 Å². The summed E-state index contributed by atoms with van der Waals surface area (Å²) in [7, 11) is 0. The van der Waals surface area contributed by atoms with Crippen molar-refractivity contribution in [2.75, 3.05) is 14.7 Å². The van der Waals surface area contributed by atoms with E-state index in [4.69, 9.17) is 0 Å². The van der Waals surface area contributed by atoms with Crippen LogP contribution in [0.2, 0.25) is 0 Å². The SMILES string of the molecule is Cc1cc2c3c(c1)N(c1cccc4c1sc1ccccc14)c1cc(N4c5cc(C)cc(C)c5C5(C)CCCCC45C)ccc1B3c1cc(-c3ccccc3)ccc1N2c1cccc2c1sc1ccccc12. The molecule has 2 aromatic heterocycles. The predicted molar refractivity (Wildman–Crippen MR) is 309 cm³/mol. The summed E-state index contributed by atoms with van der Waals surface area (Å²) in [6, 6.07) is 67.6. The minimum absolute atomic E-state index is 0.0232. The largest absolute Gasteiger partial charge is 0.334 e. The van der Waals surface area contributed by atoms with Crippen molar-refractivity contribution in [1.29, 1.82) is 0 Å². The molecule has 2 atom stereocenters. The predicted octanol–water partition coefficient (Wildman–Crippen LogP) is 16.8. The van der Waals surface area contributed by atoms with Crippen LogP contribution in [0.3, 0.4) is 0 Å². The second kappa shape index (κ2) is 15.0. The normalized spacial score (nSPS) is 18.8. The molecule has 0 bridgehead atoms. The van der Waals surface area contributed by atoms with Crippen molar-refractivity contribution in [1.82, 2.24) is 0 Å². The first kappa shape index (κ1) is 41.6. The summed E-state index contributed by atoms with van der Waals surface area (Å²) in [6.07, 6.45) is 4.86. The fourth-order valence-electron chi connectivity index (χ4n) is 14.2. The molecule has 3 nitrogen and oxygen atoms in total. The molecular weight excluding hydrogens is 898 g/mol. The molecule has 1 aliphatic carbocycles. The summed E-state index contributed by atoms with van der Waals surface area (Å²) in [5, 5.41) is 5.25. The molecular formula is C65H52BN3S2. The Hall–Kier alpha value is -7.12. The van der Waals surface area contributed by atoms with E-state index >= 15 is 0 Å². The second-order valence-electron chi connectivity index (χ2n) is 21.3. The Labute approximate surface area is 424 Å². The number of fused-ring (bicyclic) bond motifs is 13. The van der Waals surface area contributed by atoms with Gasteiger partial charge in [-0.3, -0.25) is 0 Å². The summed E-state index contributed by atoms with van der Waals surface area (Å²) >= 11 is 3.84. The van der Waals surface area contributed by atoms with Crippen LogP contribution in [0, 0.1) is 20.8 Å². The Morgan fingerprint density at radius 3 is 1.73 bits per heavy atom. The molecule has 2 unspecified atom stereocenters. The quantitative estimate of drug-likeness (QED) is 0.163. The van der Waals surface area contributed by atoms with Crippen LogP contribution in [0.4, 0.5) is 45.5 Å². The van der Waals surface area contributed by atoms with Crippen molar-refractivity contribution >= 4 is 132 Å². The van der Waals surface area contributed by atoms with Gasteiger partial charge in [0.15, 0.2) is 0 Å². The Morgan fingerprint density at radius 1 is 0.451 bits per heavy atom. The zero-order valence-electron chi connectivity index (χ0n) is 40.8. The Morgan fingerprint density at radius 2 is 1.04 bits per heavy atom. The van der Waals surface area contributed by atoms with Crippen LogP contribution in [-0.2, 0) is 5.41 Å². The molecule has 342 valence electrons. The molecule has 1 fully saturated rings. The number of hydrogen-bond acceptors (Lipinski definition) is 5. The highest BCUT2D eigenvalue weighted by atomic mass is 32.1. The van der Waals surface area contributed by atoms with Crippen LogP contribution in [-0.4, -0.2) is 12.3 Å². The van der Waals surface area contributed by atoms with Crippen LogP contribution < -0.4 is 31.1 Å². The molecule has 11 aromatic rings. The number of anilines is 8. The number of aryl methyl sites for hydroxylation is 3. The summed E-state index contributed by atoms with van der Waals surface area (Å²) in [4.78, 5) is 8.11. The monoisotopic (exact) mass is 949 g/mol. The molecule has 0 radical (unpaired) electrons. The number of nitrogens with zero attached hydrogens (tertiary/aromatic N) is 3. The first-order valence-electron chi connectivity index (χ1n) is 25.5. The molecule has 0 N–H and O–H groups in total. The van der Waals surface area contributed by atoms with Gasteiger partial charge in [0.2, 0.25) is 0 Å². The third-order valence-corrected chi connectivity index (χ3v) is 19.8. The van der Waals surface area contributed by atoms with E-state index in [0.29, 0.717) is 0 Å². The third kappa shape index (κ3) is 5.66. The fourth-order valence-corrected chi connectivity index (χ4v) is 16.6. The minimum Gasteiger partial charge on any atom is -0.334 e. The van der Waals surface area contributed by atoms with Crippen LogP contribution in [0.1, 0.15) is 61.8 Å². The Bertz CT molecular complexity index is 4070. The smallest absolute Gasteiger partial charge is 0.252 e. The van der Waals surface area contributed by atoms with Crippen molar-refractivity contribution in [2.45, 2.75) is 71.3 Å². The standard InChI is InChI=1S/C65H52BN3S2/c1-39-33-41(3)60-55(34-39)69(65(5)32-14-13-31-64(60,65)4)44-28-29-49-54(38-44)68(53-24-16-22-48-46-20-10-12-26-59(46)71-63(48)53)57-36-40(2)35-56-61(57)66(49)50-37-43(42-17-7-6-8-18-42)27-30-51(50)67(56)52-23-15-21-47-45-19-9-11-25-58(45)70-62(47)52/h6-12,15-30,33-38H,13-14,31-32H2,1-5H3. The molecule has 9 aromatic carbocycles. The highest BCUT2D eigenvalue weighted by Gasteiger charge is 2.58. The first-order valence-corrected chi connectivity index (χ1v) is 27.1.